The molecule has 1 N–H and O–H groups in total. The Balaban J connectivity index is 2.75. The molecule has 0 bridgehead atoms. The van der Waals surface area contributed by atoms with Gasteiger partial charge >= 0.3 is 5.69 Å². The van der Waals surface area contributed by atoms with Crippen molar-refractivity contribution in [2.24, 2.45) is 5.92 Å². The average Bonchev–Trinajstić information content (AvgIpc) is 2.36. The molecule has 0 amide bonds. The van der Waals surface area contributed by atoms with Crippen LogP contribution in [-0.2, 0) is 6.54 Å². The minimum absolute atomic E-state index is 0.0920. The van der Waals surface area contributed by atoms with Crippen LogP contribution < -0.4 is 11.2 Å². The number of aromatic amines is 1. The minimum Gasteiger partial charge on any atom is -0.297 e. The lowest BCUT2D eigenvalue weighted by molar-refractivity contribution is 0.493. The maximum Gasteiger partial charge on any atom is 0.329 e. The lowest BCUT2D eigenvalue weighted by Gasteiger charge is -2.12. The van der Waals surface area contributed by atoms with Gasteiger partial charge in [-0.1, -0.05) is 49.7 Å². The number of benzene rings is 1. The molecule has 0 aliphatic rings. The molecular formula is C15H17ClN2O2. The first-order valence-electron chi connectivity index (χ1n) is 6.50. The summed E-state index contributed by atoms with van der Waals surface area (Å²) in [7, 11) is 0. The number of hydrogen-bond acceptors (Lipinski definition) is 2. The third kappa shape index (κ3) is 2.70. The molecule has 0 aliphatic carbocycles. The van der Waals surface area contributed by atoms with Crippen LogP contribution >= 0.6 is 11.6 Å². The molecule has 106 valence electrons. The molecular weight excluding hydrogens is 276 g/mol. The van der Waals surface area contributed by atoms with Crippen LogP contribution in [0.15, 0.2) is 33.9 Å². The summed E-state index contributed by atoms with van der Waals surface area (Å²) in [4.78, 5) is 27.0. The number of halogens is 1. The minimum atomic E-state index is -0.467. The Morgan fingerprint density at radius 1 is 1.25 bits per heavy atom. The fourth-order valence-electron chi connectivity index (χ4n) is 2.16. The van der Waals surface area contributed by atoms with E-state index in [1.807, 2.05) is 45.0 Å². The van der Waals surface area contributed by atoms with E-state index >= 15 is 0 Å². The van der Waals surface area contributed by atoms with Gasteiger partial charge in [-0.05, 0) is 24.0 Å². The second-order valence-corrected chi connectivity index (χ2v) is 5.62. The van der Waals surface area contributed by atoms with Crippen molar-refractivity contribution in [3.63, 3.8) is 0 Å². The molecule has 4 nitrogen and oxygen atoms in total. The normalized spacial score (nSPS) is 11.1. The predicted molar refractivity (Wildman–Crippen MR) is 81.3 cm³/mol. The van der Waals surface area contributed by atoms with Crippen LogP contribution in [0.3, 0.4) is 0 Å². The van der Waals surface area contributed by atoms with Crippen LogP contribution in [0.2, 0.25) is 5.15 Å². The highest BCUT2D eigenvalue weighted by molar-refractivity contribution is 6.32. The molecule has 1 heterocycles. The first-order chi connectivity index (χ1) is 9.41. The maximum atomic E-state index is 12.6. The van der Waals surface area contributed by atoms with Crippen molar-refractivity contribution in [2.75, 3.05) is 0 Å². The standard InChI is InChI=1S/C15H17ClN2O2/c1-9(2)8-18-14(19)12(13(16)17-15(18)20)11-7-5-4-6-10(11)3/h4-7,9H,8H2,1-3H3,(H,17,20). The molecule has 0 radical (unpaired) electrons. The van der Waals surface area contributed by atoms with Crippen molar-refractivity contribution in [1.29, 1.82) is 0 Å². The zero-order chi connectivity index (χ0) is 14.9. The first-order valence-corrected chi connectivity index (χ1v) is 6.88. The lowest BCUT2D eigenvalue weighted by atomic mass is 10.0. The second kappa shape index (κ2) is 5.67. The largest absolute Gasteiger partial charge is 0.329 e. The monoisotopic (exact) mass is 292 g/mol. The van der Waals surface area contributed by atoms with Gasteiger partial charge in [0.25, 0.3) is 5.56 Å². The Hall–Kier alpha value is -1.81. The average molecular weight is 293 g/mol. The number of H-pyrrole nitrogens is 1. The van der Waals surface area contributed by atoms with Crippen molar-refractivity contribution >= 4 is 11.6 Å². The first kappa shape index (κ1) is 14.6. The van der Waals surface area contributed by atoms with E-state index in [1.165, 1.54) is 4.57 Å². The second-order valence-electron chi connectivity index (χ2n) is 5.24. The highest BCUT2D eigenvalue weighted by atomic mass is 35.5. The smallest absolute Gasteiger partial charge is 0.297 e. The number of hydrogen-bond donors (Lipinski definition) is 1. The van der Waals surface area contributed by atoms with Crippen molar-refractivity contribution in [2.45, 2.75) is 27.3 Å². The van der Waals surface area contributed by atoms with Crippen molar-refractivity contribution in [1.82, 2.24) is 9.55 Å². The molecule has 0 spiro atoms. The summed E-state index contributed by atoms with van der Waals surface area (Å²) < 4.78 is 1.21. The number of aryl methyl sites for hydroxylation is 1. The summed E-state index contributed by atoms with van der Waals surface area (Å²) in [5, 5.41) is 0.0920. The quantitative estimate of drug-likeness (QED) is 0.885. The highest BCUT2D eigenvalue weighted by Crippen LogP contribution is 2.24. The molecule has 0 unspecified atom stereocenters. The SMILES string of the molecule is Cc1ccccc1-c1c(Cl)[nH]c(=O)n(CC(C)C)c1=O. The van der Waals surface area contributed by atoms with E-state index in [9.17, 15) is 9.59 Å². The van der Waals surface area contributed by atoms with Gasteiger partial charge in [-0.2, -0.15) is 0 Å². The molecule has 1 aromatic heterocycles. The van der Waals surface area contributed by atoms with E-state index in [0.717, 1.165) is 11.1 Å². The van der Waals surface area contributed by atoms with Crippen LogP contribution in [0.4, 0.5) is 0 Å². The third-order valence-electron chi connectivity index (χ3n) is 3.10. The van der Waals surface area contributed by atoms with Gasteiger partial charge in [0.1, 0.15) is 5.15 Å². The number of nitrogens with zero attached hydrogens (tertiary/aromatic N) is 1. The zero-order valence-corrected chi connectivity index (χ0v) is 12.5. The molecule has 0 atom stereocenters. The summed E-state index contributed by atoms with van der Waals surface area (Å²) >= 11 is 6.08. The predicted octanol–water partition coefficient (Wildman–Crippen LogP) is 2.82. The van der Waals surface area contributed by atoms with Gasteiger partial charge in [-0.25, -0.2) is 4.79 Å². The van der Waals surface area contributed by atoms with Crippen molar-refractivity contribution in [3.05, 3.63) is 55.8 Å². The zero-order valence-electron chi connectivity index (χ0n) is 11.7. The Labute approximate surface area is 122 Å². The van der Waals surface area contributed by atoms with Gasteiger partial charge < -0.3 is 0 Å². The van der Waals surface area contributed by atoms with Gasteiger partial charge in [0, 0.05) is 6.54 Å². The summed E-state index contributed by atoms with van der Waals surface area (Å²) in [5.41, 5.74) is 1.23. The van der Waals surface area contributed by atoms with Gasteiger partial charge in [-0.15, -0.1) is 0 Å². The Morgan fingerprint density at radius 3 is 2.50 bits per heavy atom. The number of nitrogens with one attached hydrogen (secondary N) is 1. The van der Waals surface area contributed by atoms with Crippen LogP contribution in [-0.4, -0.2) is 9.55 Å². The highest BCUT2D eigenvalue weighted by Gasteiger charge is 2.16. The fourth-order valence-corrected chi connectivity index (χ4v) is 2.43. The molecule has 1 aromatic carbocycles. The van der Waals surface area contributed by atoms with Crippen molar-refractivity contribution < 1.29 is 0 Å². The van der Waals surface area contributed by atoms with Crippen LogP contribution in [0, 0.1) is 12.8 Å². The molecule has 0 aliphatic heterocycles. The Morgan fingerprint density at radius 2 is 1.90 bits per heavy atom. The molecule has 2 rings (SSSR count). The summed E-state index contributed by atoms with van der Waals surface area (Å²) in [6.45, 7) is 6.18. The Bertz CT molecular complexity index is 744. The molecule has 2 aromatic rings. The summed E-state index contributed by atoms with van der Waals surface area (Å²) in [6, 6.07) is 7.47. The van der Waals surface area contributed by atoms with Crippen LogP contribution in [0.25, 0.3) is 11.1 Å². The molecule has 0 saturated carbocycles. The van der Waals surface area contributed by atoms with Crippen molar-refractivity contribution in [3.8, 4) is 11.1 Å². The number of rotatable bonds is 3. The van der Waals surface area contributed by atoms with Crippen LogP contribution in [0.1, 0.15) is 19.4 Å². The van der Waals surface area contributed by atoms with E-state index < -0.39 is 5.69 Å². The molecule has 5 heteroatoms. The topological polar surface area (TPSA) is 54.9 Å². The van der Waals surface area contributed by atoms with Gasteiger partial charge in [0.05, 0.1) is 5.56 Å². The summed E-state index contributed by atoms with van der Waals surface area (Å²) in [5.74, 6) is 0.194. The molecule has 20 heavy (non-hydrogen) atoms. The third-order valence-corrected chi connectivity index (χ3v) is 3.39. The van der Waals surface area contributed by atoms with Gasteiger partial charge in [-0.3, -0.25) is 14.3 Å². The number of aromatic nitrogens is 2. The van der Waals surface area contributed by atoms with Gasteiger partial charge in [0.15, 0.2) is 0 Å². The Kier molecular flexibility index (Phi) is 4.14. The fraction of sp³-hybridized carbons (Fsp3) is 0.333. The van der Waals surface area contributed by atoms with E-state index in [1.54, 1.807) is 0 Å². The summed E-state index contributed by atoms with van der Waals surface area (Å²) in [6.07, 6.45) is 0. The molecule has 0 saturated heterocycles. The van der Waals surface area contributed by atoms with E-state index in [2.05, 4.69) is 4.98 Å². The lowest BCUT2D eigenvalue weighted by Crippen LogP contribution is -2.37. The van der Waals surface area contributed by atoms with E-state index in [0.29, 0.717) is 12.1 Å². The maximum absolute atomic E-state index is 12.6. The van der Waals surface area contributed by atoms with E-state index in [-0.39, 0.29) is 16.6 Å². The van der Waals surface area contributed by atoms with Gasteiger partial charge in [0.2, 0.25) is 0 Å². The molecule has 0 fully saturated rings. The van der Waals surface area contributed by atoms with E-state index in [4.69, 9.17) is 11.6 Å². The van der Waals surface area contributed by atoms with Crippen LogP contribution in [0.5, 0.6) is 0 Å².